The summed E-state index contributed by atoms with van der Waals surface area (Å²) in [7, 11) is 0. The predicted molar refractivity (Wildman–Crippen MR) is 74.8 cm³/mol. The topological polar surface area (TPSA) is 38.0 Å². The fourth-order valence-corrected chi connectivity index (χ4v) is 2.63. The normalized spacial score (nSPS) is 13.8. The van der Waals surface area contributed by atoms with E-state index in [4.69, 9.17) is 5.84 Å². The van der Waals surface area contributed by atoms with Crippen molar-refractivity contribution in [2.24, 2.45) is 11.8 Å². The van der Waals surface area contributed by atoms with Crippen molar-refractivity contribution in [3.05, 3.63) is 35.4 Å². The predicted octanol–water partition coefficient (Wildman–Crippen LogP) is 4.43. The Morgan fingerprint density at radius 2 is 1.75 bits per heavy atom. The average Bonchev–Trinajstić information content (AvgIpc) is 2.39. The highest BCUT2D eigenvalue weighted by Gasteiger charge is 2.31. The van der Waals surface area contributed by atoms with E-state index in [1.54, 1.807) is 6.07 Å². The summed E-state index contributed by atoms with van der Waals surface area (Å²) in [5.41, 5.74) is 2.68. The number of hydrogen-bond acceptors (Lipinski definition) is 2. The first-order chi connectivity index (χ1) is 9.43. The minimum atomic E-state index is -4.32. The van der Waals surface area contributed by atoms with Gasteiger partial charge in [-0.05, 0) is 36.5 Å². The molecule has 1 aromatic rings. The molecule has 0 aliphatic heterocycles. The Kier molecular flexibility index (Phi) is 6.49. The van der Waals surface area contributed by atoms with Crippen molar-refractivity contribution >= 4 is 0 Å². The summed E-state index contributed by atoms with van der Waals surface area (Å²) in [6, 6.07) is 5.20. The van der Waals surface area contributed by atoms with Crippen molar-refractivity contribution in [1.29, 1.82) is 0 Å². The van der Waals surface area contributed by atoms with Crippen LogP contribution in [0.3, 0.4) is 0 Å². The lowest BCUT2D eigenvalue weighted by molar-refractivity contribution is -0.137. The number of halogens is 3. The van der Waals surface area contributed by atoms with E-state index in [1.165, 1.54) is 12.1 Å². The van der Waals surface area contributed by atoms with Crippen molar-refractivity contribution < 1.29 is 13.2 Å². The summed E-state index contributed by atoms with van der Waals surface area (Å²) < 4.78 is 38.3. The molecule has 0 amide bonds. The minimum Gasteiger partial charge on any atom is -0.271 e. The first kappa shape index (κ1) is 17.0. The molecule has 0 spiro atoms. The molecule has 0 saturated heterocycles. The van der Waals surface area contributed by atoms with Gasteiger partial charge in [0.15, 0.2) is 0 Å². The maximum absolute atomic E-state index is 12.8. The van der Waals surface area contributed by atoms with Crippen molar-refractivity contribution in [3.63, 3.8) is 0 Å². The van der Waals surface area contributed by atoms with Gasteiger partial charge < -0.3 is 0 Å². The van der Waals surface area contributed by atoms with Crippen LogP contribution in [0.2, 0.25) is 0 Å². The van der Waals surface area contributed by atoms with Crippen LogP contribution >= 0.6 is 0 Å². The second kappa shape index (κ2) is 7.64. The van der Waals surface area contributed by atoms with Gasteiger partial charge in [0.2, 0.25) is 0 Å². The lowest BCUT2D eigenvalue weighted by atomic mass is 9.86. The number of hydrogen-bond donors (Lipinski definition) is 2. The Bertz CT molecular complexity index is 398. The SMILES string of the molecule is CCCC(CCC)C(NN)c1cccc(C(F)(F)F)c1. The number of nitrogens with one attached hydrogen (secondary N) is 1. The monoisotopic (exact) mass is 288 g/mol. The molecule has 0 saturated carbocycles. The van der Waals surface area contributed by atoms with Crippen LogP contribution in [0.1, 0.15) is 56.7 Å². The van der Waals surface area contributed by atoms with Crippen molar-refractivity contribution in [2.45, 2.75) is 51.7 Å². The molecular weight excluding hydrogens is 265 g/mol. The fourth-order valence-electron chi connectivity index (χ4n) is 2.63. The highest BCUT2D eigenvalue weighted by Crippen LogP contribution is 2.34. The lowest BCUT2D eigenvalue weighted by Gasteiger charge is -2.27. The highest BCUT2D eigenvalue weighted by atomic mass is 19.4. The number of rotatable bonds is 7. The summed E-state index contributed by atoms with van der Waals surface area (Å²) >= 11 is 0. The Labute approximate surface area is 118 Å². The molecule has 0 aliphatic carbocycles. The third-order valence-corrected chi connectivity index (χ3v) is 3.54. The van der Waals surface area contributed by atoms with Gasteiger partial charge in [0, 0.05) is 6.04 Å². The molecule has 0 fully saturated rings. The molecular formula is C15H23F3N2. The average molecular weight is 288 g/mol. The Balaban J connectivity index is 3.04. The fraction of sp³-hybridized carbons (Fsp3) is 0.600. The van der Waals surface area contributed by atoms with Crippen LogP contribution in [0.25, 0.3) is 0 Å². The maximum atomic E-state index is 12.8. The van der Waals surface area contributed by atoms with Crippen LogP contribution in [0.15, 0.2) is 24.3 Å². The summed E-state index contributed by atoms with van der Waals surface area (Å²) in [5.74, 6) is 5.84. The molecule has 1 atom stereocenters. The first-order valence-electron chi connectivity index (χ1n) is 7.07. The van der Waals surface area contributed by atoms with Gasteiger partial charge in [-0.15, -0.1) is 0 Å². The minimum absolute atomic E-state index is 0.239. The Hall–Kier alpha value is -1.07. The summed E-state index contributed by atoms with van der Waals surface area (Å²) in [5, 5.41) is 0. The molecule has 5 heteroatoms. The standard InChI is InChI=1S/C15H23F3N2/c1-3-6-11(7-4-2)14(20-19)12-8-5-9-13(10-12)15(16,17)18/h5,8-11,14,20H,3-4,6-7,19H2,1-2H3. The molecule has 2 nitrogen and oxygen atoms in total. The van der Waals surface area contributed by atoms with Crippen molar-refractivity contribution in [3.8, 4) is 0 Å². The van der Waals surface area contributed by atoms with Gasteiger partial charge in [-0.1, -0.05) is 38.8 Å². The van der Waals surface area contributed by atoms with E-state index < -0.39 is 11.7 Å². The van der Waals surface area contributed by atoms with Gasteiger partial charge in [-0.2, -0.15) is 13.2 Å². The Morgan fingerprint density at radius 1 is 1.15 bits per heavy atom. The smallest absolute Gasteiger partial charge is 0.271 e. The van der Waals surface area contributed by atoms with E-state index in [2.05, 4.69) is 19.3 Å². The molecule has 0 bridgehead atoms. The van der Waals surface area contributed by atoms with Crippen LogP contribution in [0.5, 0.6) is 0 Å². The zero-order chi connectivity index (χ0) is 15.2. The summed E-state index contributed by atoms with van der Waals surface area (Å²) in [6.45, 7) is 4.14. The van der Waals surface area contributed by atoms with E-state index in [0.29, 0.717) is 5.56 Å². The molecule has 1 aromatic carbocycles. The molecule has 0 aromatic heterocycles. The first-order valence-corrected chi connectivity index (χ1v) is 7.07. The van der Waals surface area contributed by atoms with Gasteiger partial charge >= 0.3 is 6.18 Å². The van der Waals surface area contributed by atoms with E-state index in [0.717, 1.165) is 31.7 Å². The third kappa shape index (κ3) is 4.49. The van der Waals surface area contributed by atoms with Gasteiger partial charge in [0.1, 0.15) is 0 Å². The maximum Gasteiger partial charge on any atom is 0.416 e. The summed E-state index contributed by atoms with van der Waals surface area (Å²) in [6.07, 6.45) is -0.457. The Morgan fingerprint density at radius 3 is 2.20 bits per heavy atom. The molecule has 0 radical (unpaired) electrons. The van der Waals surface area contributed by atoms with Crippen molar-refractivity contribution in [1.82, 2.24) is 5.43 Å². The zero-order valence-electron chi connectivity index (χ0n) is 12.0. The molecule has 1 unspecified atom stereocenters. The van der Waals surface area contributed by atoms with Crippen LogP contribution in [0.4, 0.5) is 13.2 Å². The molecule has 1 rings (SSSR count). The zero-order valence-corrected chi connectivity index (χ0v) is 12.0. The number of alkyl halides is 3. The quantitative estimate of drug-likeness (QED) is 0.575. The van der Waals surface area contributed by atoms with Gasteiger partial charge in [0.05, 0.1) is 5.56 Å². The van der Waals surface area contributed by atoms with Crippen LogP contribution in [-0.4, -0.2) is 0 Å². The van der Waals surface area contributed by atoms with Gasteiger partial charge in [0.25, 0.3) is 0 Å². The van der Waals surface area contributed by atoms with E-state index in [-0.39, 0.29) is 12.0 Å². The number of nitrogens with two attached hydrogens (primary N) is 1. The number of benzene rings is 1. The molecule has 114 valence electrons. The van der Waals surface area contributed by atoms with E-state index in [1.807, 2.05) is 0 Å². The molecule has 3 N–H and O–H groups in total. The van der Waals surface area contributed by atoms with Gasteiger partial charge in [-0.3, -0.25) is 11.3 Å². The molecule has 0 heterocycles. The second-order valence-electron chi connectivity index (χ2n) is 5.10. The second-order valence-corrected chi connectivity index (χ2v) is 5.10. The van der Waals surface area contributed by atoms with Crippen LogP contribution in [-0.2, 0) is 6.18 Å². The molecule has 20 heavy (non-hydrogen) atoms. The van der Waals surface area contributed by atoms with E-state index in [9.17, 15) is 13.2 Å². The van der Waals surface area contributed by atoms with Crippen molar-refractivity contribution in [2.75, 3.05) is 0 Å². The van der Waals surface area contributed by atoms with E-state index >= 15 is 0 Å². The largest absolute Gasteiger partial charge is 0.416 e. The lowest BCUT2D eigenvalue weighted by Crippen LogP contribution is -2.33. The summed E-state index contributed by atoms with van der Waals surface area (Å²) in [4.78, 5) is 0. The highest BCUT2D eigenvalue weighted by molar-refractivity contribution is 5.28. The molecule has 0 aliphatic rings. The third-order valence-electron chi connectivity index (χ3n) is 3.54. The van der Waals surface area contributed by atoms with Crippen LogP contribution in [0, 0.1) is 5.92 Å². The van der Waals surface area contributed by atoms with Gasteiger partial charge in [-0.25, -0.2) is 0 Å². The number of hydrazine groups is 1. The van der Waals surface area contributed by atoms with Crippen LogP contribution < -0.4 is 11.3 Å².